The van der Waals surface area contributed by atoms with E-state index in [1.165, 1.54) is 6.92 Å². The number of ether oxygens (including phenoxy) is 1. The topological polar surface area (TPSA) is 106 Å². The molecule has 176 valence electrons. The van der Waals surface area contributed by atoms with Crippen LogP contribution in [0.5, 0.6) is 0 Å². The Kier molecular flexibility index (Phi) is 6.99. The average Bonchev–Trinajstić information content (AvgIpc) is 3.14. The van der Waals surface area contributed by atoms with Crippen LogP contribution in [0.2, 0.25) is 0 Å². The molecule has 0 bridgehead atoms. The maximum absolute atomic E-state index is 13.0. The number of hydrogen-bond donors (Lipinski definition) is 1. The highest BCUT2D eigenvalue weighted by molar-refractivity contribution is 5.95. The fraction of sp³-hybridized carbons (Fsp3) is 0.542. The van der Waals surface area contributed by atoms with Crippen molar-refractivity contribution in [2.24, 2.45) is 0 Å². The van der Waals surface area contributed by atoms with E-state index < -0.39 is 0 Å². The van der Waals surface area contributed by atoms with Gasteiger partial charge in [0.05, 0.1) is 24.0 Å². The summed E-state index contributed by atoms with van der Waals surface area (Å²) in [5, 5.41) is 4.64. The molecule has 0 aromatic carbocycles. The molecule has 0 spiro atoms. The molecule has 1 fully saturated rings. The van der Waals surface area contributed by atoms with Crippen LogP contribution in [-0.2, 0) is 17.8 Å². The molecule has 0 unspecified atom stereocenters. The zero-order valence-corrected chi connectivity index (χ0v) is 19.8. The van der Waals surface area contributed by atoms with Crippen molar-refractivity contribution in [3.63, 3.8) is 0 Å². The summed E-state index contributed by atoms with van der Waals surface area (Å²) >= 11 is 0. The second-order valence-electron chi connectivity index (χ2n) is 8.54. The number of nitrogens with zero attached hydrogens (tertiary/aromatic N) is 5. The van der Waals surface area contributed by atoms with Crippen LogP contribution in [0.15, 0.2) is 17.1 Å². The van der Waals surface area contributed by atoms with E-state index in [1.807, 2.05) is 4.68 Å². The zero-order chi connectivity index (χ0) is 23.5. The number of unbranched alkanes of at least 4 members (excludes halogenated alkanes) is 1. The average molecular weight is 453 g/mol. The summed E-state index contributed by atoms with van der Waals surface area (Å²) < 4.78 is 7.75. The SMILES string of the molecule is CCCCOCc1ncc(C(C)=O)cc1-c1nc2c(CC)n(C3CN(CC)C3)nc2c(=O)[nH]1. The van der Waals surface area contributed by atoms with Gasteiger partial charge in [-0.15, -0.1) is 0 Å². The highest BCUT2D eigenvalue weighted by Crippen LogP contribution is 2.27. The van der Waals surface area contributed by atoms with Gasteiger partial charge in [-0.25, -0.2) is 4.98 Å². The van der Waals surface area contributed by atoms with Gasteiger partial charge < -0.3 is 9.72 Å². The first kappa shape index (κ1) is 23.3. The quantitative estimate of drug-likeness (QED) is 0.372. The second-order valence-corrected chi connectivity index (χ2v) is 8.54. The molecule has 3 aromatic heterocycles. The molecule has 0 radical (unpaired) electrons. The predicted molar refractivity (Wildman–Crippen MR) is 126 cm³/mol. The van der Waals surface area contributed by atoms with Crippen LogP contribution in [0, 0.1) is 0 Å². The van der Waals surface area contributed by atoms with E-state index in [4.69, 9.17) is 9.72 Å². The van der Waals surface area contributed by atoms with Crippen LogP contribution in [0.1, 0.15) is 68.3 Å². The standard InChI is InChI=1S/C24H32N6O3/c1-5-8-9-33-14-19-18(10-16(11-25-19)15(4)31)23-26-21-20(6-2)30(17-12-29(7-3)13-17)28-22(21)24(32)27-23/h10-11,17H,5-9,12-14H2,1-4H3,(H,26,27,32). The Morgan fingerprint density at radius 1 is 1.24 bits per heavy atom. The number of likely N-dealkylation sites (tertiary alicyclic amines) is 1. The molecule has 1 aliphatic rings. The van der Waals surface area contributed by atoms with Crippen molar-refractivity contribution >= 4 is 16.8 Å². The van der Waals surface area contributed by atoms with Crippen molar-refractivity contribution < 1.29 is 9.53 Å². The first-order valence-corrected chi connectivity index (χ1v) is 11.8. The van der Waals surface area contributed by atoms with Gasteiger partial charge in [0.2, 0.25) is 0 Å². The molecule has 0 aliphatic carbocycles. The van der Waals surface area contributed by atoms with Gasteiger partial charge in [0.25, 0.3) is 5.56 Å². The summed E-state index contributed by atoms with van der Waals surface area (Å²) in [6.07, 6.45) is 4.26. The third-order valence-corrected chi connectivity index (χ3v) is 6.23. The first-order valence-electron chi connectivity index (χ1n) is 11.8. The van der Waals surface area contributed by atoms with E-state index in [1.54, 1.807) is 12.3 Å². The van der Waals surface area contributed by atoms with Crippen LogP contribution in [-0.4, -0.2) is 61.7 Å². The molecule has 0 amide bonds. The Balaban J connectivity index is 1.78. The van der Waals surface area contributed by atoms with Crippen molar-refractivity contribution in [3.05, 3.63) is 39.6 Å². The third-order valence-electron chi connectivity index (χ3n) is 6.23. The summed E-state index contributed by atoms with van der Waals surface area (Å²) in [4.78, 5) is 39.5. The molecule has 0 atom stereocenters. The number of H-pyrrole nitrogens is 1. The Labute approximate surface area is 193 Å². The minimum Gasteiger partial charge on any atom is -0.375 e. The van der Waals surface area contributed by atoms with Crippen LogP contribution in [0.25, 0.3) is 22.4 Å². The Morgan fingerprint density at radius 2 is 2.03 bits per heavy atom. The molecule has 1 aliphatic heterocycles. The summed E-state index contributed by atoms with van der Waals surface area (Å²) in [5.74, 6) is 0.286. The number of pyridine rings is 1. The monoisotopic (exact) mass is 452 g/mol. The summed E-state index contributed by atoms with van der Waals surface area (Å²) in [6, 6.07) is 1.99. The van der Waals surface area contributed by atoms with E-state index in [0.29, 0.717) is 46.7 Å². The minimum atomic E-state index is -0.291. The van der Waals surface area contributed by atoms with Gasteiger partial charge in [-0.05, 0) is 32.4 Å². The number of aromatic amines is 1. The summed E-state index contributed by atoms with van der Waals surface area (Å²) in [5.41, 5.74) is 3.33. The molecular weight excluding hydrogens is 420 g/mol. The Hall–Kier alpha value is -2.91. The van der Waals surface area contributed by atoms with Crippen LogP contribution in [0.4, 0.5) is 0 Å². The summed E-state index contributed by atoms with van der Waals surface area (Å²) in [7, 11) is 0. The largest absolute Gasteiger partial charge is 0.375 e. The van der Waals surface area contributed by atoms with E-state index in [0.717, 1.165) is 38.2 Å². The molecule has 0 saturated carbocycles. The van der Waals surface area contributed by atoms with E-state index in [2.05, 4.69) is 40.7 Å². The maximum atomic E-state index is 13.0. The molecule has 3 aromatic rings. The number of rotatable bonds is 10. The fourth-order valence-electron chi connectivity index (χ4n) is 4.17. The Morgan fingerprint density at radius 3 is 2.70 bits per heavy atom. The van der Waals surface area contributed by atoms with Gasteiger partial charge >= 0.3 is 0 Å². The highest BCUT2D eigenvalue weighted by Gasteiger charge is 2.30. The number of ketones is 1. The number of nitrogens with one attached hydrogen (secondary N) is 1. The number of aromatic nitrogens is 5. The molecule has 1 N–H and O–H groups in total. The molecule has 1 saturated heterocycles. The lowest BCUT2D eigenvalue weighted by molar-refractivity contribution is 0.101. The predicted octanol–water partition coefficient (Wildman–Crippen LogP) is 3.14. The van der Waals surface area contributed by atoms with Gasteiger partial charge in [0.15, 0.2) is 11.3 Å². The number of carbonyl (C=O) groups excluding carboxylic acids is 1. The van der Waals surface area contributed by atoms with E-state index in [9.17, 15) is 9.59 Å². The molecule has 9 nitrogen and oxygen atoms in total. The number of fused-ring (bicyclic) bond motifs is 1. The van der Waals surface area contributed by atoms with E-state index >= 15 is 0 Å². The molecular formula is C24H32N6O3. The van der Waals surface area contributed by atoms with Crippen molar-refractivity contribution in [3.8, 4) is 11.4 Å². The molecule has 4 heterocycles. The number of hydrogen-bond acceptors (Lipinski definition) is 7. The van der Waals surface area contributed by atoms with Gasteiger partial charge in [0.1, 0.15) is 11.3 Å². The molecule has 33 heavy (non-hydrogen) atoms. The van der Waals surface area contributed by atoms with Gasteiger partial charge in [-0.2, -0.15) is 5.10 Å². The highest BCUT2D eigenvalue weighted by atomic mass is 16.5. The molecule has 9 heteroatoms. The van der Waals surface area contributed by atoms with Gasteiger partial charge in [0, 0.05) is 37.0 Å². The van der Waals surface area contributed by atoms with Gasteiger partial charge in [-0.3, -0.25) is 24.2 Å². The number of carbonyl (C=O) groups is 1. The lowest BCUT2D eigenvalue weighted by Gasteiger charge is -2.39. The van der Waals surface area contributed by atoms with Crippen molar-refractivity contribution in [2.45, 2.75) is 59.6 Å². The van der Waals surface area contributed by atoms with Crippen LogP contribution >= 0.6 is 0 Å². The minimum absolute atomic E-state index is 0.0989. The number of aryl methyl sites for hydroxylation is 1. The van der Waals surface area contributed by atoms with Gasteiger partial charge in [-0.1, -0.05) is 27.2 Å². The number of Topliss-reactive ketones (excluding diaryl/α,β-unsaturated/α-hetero) is 1. The van der Waals surface area contributed by atoms with Crippen molar-refractivity contribution in [1.82, 2.24) is 29.6 Å². The number of likely N-dealkylation sites (N-methyl/N-ethyl adjacent to an activating group) is 1. The zero-order valence-electron chi connectivity index (χ0n) is 19.8. The lowest BCUT2D eigenvalue weighted by Crippen LogP contribution is -2.48. The smallest absolute Gasteiger partial charge is 0.279 e. The van der Waals surface area contributed by atoms with Crippen LogP contribution in [0.3, 0.4) is 0 Å². The first-order chi connectivity index (χ1) is 16.0. The summed E-state index contributed by atoms with van der Waals surface area (Å²) in [6.45, 7) is 11.5. The molecule has 4 rings (SSSR count). The van der Waals surface area contributed by atoms with Crippen LogP contribution < -0.4 is 5.56 Å². The maximum Gasteiger partial charge on any atom is 0.279 e. The second kappa shape index (κ2) is 9.93. The van der Waals surface area contributed by atoms with Crippen molar-refractivity contribution in [1.29, 1.82) is 0 Å². The fourth-order valence-corrected chi connectivity index (χ4v) is 4.17. The lowest BCUT2D eigenvalue weighted by atomic mass is 10.1. The normalized spacial score (nSPS) is 14.7. The third kappa shape index (κ3) is 4.60. The van der Waals surface area contributed by atoms with Crippen molar-refractivity contribution in [2.75, 3.05) is 26.2 Å². The Bertz CT molecular complexity index is 1210. The van der Waals surface area contributed by atoms with E-state index in [-0.39, 0.29) is 24.0 Å².